The number of benzene rings is 2. The fraction of sp³-hybridized carbons (Fsp3) is 0.400. The van der Waals surface area contributed by atoms with Crippen molar-refractivity contribution in [3.05, 3.63) is 60.7 Å². The van der Waals surface area contributed by atoms with Gasteiger partial charge in [-0.15, -0.1) is 0 Å². The molecule has 1 atom stereocenters. The molecule has 0 bridgehead atoms. The van der Waals surface area contributed by atoms with Gasteiger partial charge in [-0.2, -0.15) is 13.2 Å². The van der Waals surface area contributed by atoms with Crippen molar-refractivity contribution in [2.75, 3.05) is 6.61 Å². The van der Waals surface area contributed by atoms with Crippen LogP contribution >= 0.6 is 0 Å². The monoisotopic (exact) mass is 382 g/mol. The summed E-state index contributed by atoms with van der Waals surface area (Å²) in [6.45, 7) is 6.01. The Morgan fingerprint density at radius 1 is 0.885 bits per heavy atom. The summed E-state index contributed by atoms with van der Waals surface area (Å²) < 4.78 is 44.3. The van der Waals surface area contributed by atoms with E-state index in [1.54, 1.807) is 0 Å². The zero-order valence-corrected chi connectivity index (χ0v) is 16.3. The Morgan fingerprint density at radius 2 is 1.31 bits per heavy atom. The highest BCUT2D eigenvalue weighted by Crippen LogP contribution is 2.37. The Balaban J connectivity index is 2.44. The molecule has 2 nitrogen and oxygen atoms in total. The second kappa shape index (κ2) is 7.94. The third-order valence-electron chi connectivity index (χ3n) is 4.50. The average molecular weight is 382 g/mol. The lowest BCUT2D eigenvalue weighted by atomic mass is 10.2. The molecule has 26 heavy (non-hydrogen) atoms. The van der Waals surface area contributed by atoms with Gasteiger partial charge in [0.05, 0.1) is 0 Å². The molecule has 0 saturated heterocycles. The van der Waals surface area contributed by atoms with Gasteiger partial charge in [-0.3, -0.25) is 0 Å². The van der Waals surface area contributed by atoms with Gasteiger partial charge < -0.3 is 9.53 Å². The number of alkyl halides is 3. The first-order valence-electron chi connectivity index (χ1n) is 8.59. The normalized spacial score (nSPS) is 14.3. The molecule has 0 amide bonds. The minimum atomic E-state index is -4.63. The number of halogens is 3. The molecule has 6 heteroatoms. The maximum absolute atomic E-state index is 12.7. The van der Waals surface area contributed by atoms with E-state index in [-0.39, 0.29) is 11.6 Å². The van der Waals surface area contributed by atoms with Crippen molar-refractivity contribution >= 4 is 18.7 Å². The minimum Gasteiger partial charge on any atom is -0.407 e. The molecule has 1 N–H and O–H groups in total. The van der Waals surface area contributed by atoms with E-state index < -0.39 is 27.0 Å². The summed E-state index contributed by atoms with van der Waals surface area (Å²) in [6, 6.07) is 19.4. The van der Waals surface area contributed by atoms with Crippen molar-refractivity contribution < 1.29 is 22.7 Å². The molecular formula is C20H25F3O2Si. The predicted octanol–water partition coefficient (Wildman–Crippen LogP) is 3.88. The molecule has 0 aliphatic heterocycles. The first kappa shape index (κ1) is 20.7. The van der Waals surface area contributed by atoms with E-state index >= 15 is 0 Å². The molecule has 0 aromatic heterocycles. The minimum absolute atomic E-state index is 0.159. The summed E-state index contributed by atoms with van der Waals surface area (Å²) in [5.74, 6) is 0. The van der Waals surface area contributed by atoms with Crippen LogP contribution in [0.5, 0.6) is 0 Å². The quantitative estimate of drug-likeness (QED) is 0.769. The van der Waals surface area contributed by atoms with E-state index in [9.17, 15) is 18.3 Å². The Labute approximate surface area is 153 Å². The number of aliphatic hydroxyl groups is 1. The second-order valence-electron chi connectivity index (χ2n) is 7.36. The van der Waals surface area contributed by atoms with E-state index in [4.69, 9.17) is 4.43 Å². The molecule has 1 unspecified atom stereocenters. The first-order valence-corrected chi connectivity index (χ1v) is 10.5. The number of hydrogen-bond acceptors (Lipinski definition) is 2. The van der Waals surface area contributed by atoms with Gasteiger partial charge in [0.2, 0.25) is 0 Å². The Bertz CT molecular complexity index is 642. The lowest BCUT2D eigenvalue weighted by Crippen LogP contribution is -2.66. The average Bonchev–Trinajstić information content (AvgIpc) is 2.58. The number of rotatable bonds is 6. The summed E-state index contributed by atoms with van der Waals surface area (Å²) in [7, 11) is -2.85. The fourth-order valence-corrected chi connectivity index (χ4v) is 7.83. The molecule has 0 aliphatic rings. The molecule has 2 aromatic carbocycles. The van der Waals surface area contributed by atoms with Gasteiger partial charge in [-0.25, -0.2) is 0 Å². The van der Waals surface area contributed by atoms with Crippen LogP contribution < -0.4 is 10.4 Å². The van der Waals surface area contributed by atoms with E-state index in [1.807, 2.05) is 60.7 Å². The Morgan fingerprint density at radius 3 is 1.65 bits per heavy atom. The molecule has 0 radical (unpaired) electrons. The zero-order valence-electron chi connectivity index (χ0n) is 15.3. The summed E-state index contributed by atoms with van der Waals surface area (Å²) in [4.78, 5) is 0. The van der Waals surface area contributed by atoms with Crippen LogP contribution in [0.3, 0.4) is 0 Å². The van der Waals surface area contributed by atoms with Crippen molar-refractivity contribution in [2.45, 2.75) is 44.5 Å². The first-order chi connectivity index (χ1) is 12.1. The Hall–Kier alpha value is -1.63. The van der Waals surface area contributed by atoms with E-state index in [0.29, 0.717) is 0 Å². The lowest BCUT2D eigenvalue weighted by Gasteiger charge is -2.43. The maximum atomic E-state index is 12.7. The van der Waals surface area contributed by atoms with Crippen LogP contribution in [0.25, 0.3) is 0 Å². The van der Waals surface area contributed by atoms with Crippen LogP contribution in [-0.4, -0.2) is 32.3 Å². The smallest absolute Gasteiger partial charge is 0.407 e. The summed E-state index contributed by atoms with van der Waals surface area (Å²) >= 11 is 0. The van der Waals surface area contributed by atoms with Crippen molar-refractivity contribution in [2.24, 2.45) is 0 Å². The molecule has 142 valence electrons. The largest absolute Gasteiger partial charge is 0.414 e. The van der Waals surface area contributed by atoms with E-state index in [1.165, 1.54) is 0 Å². The van der Waals surface area contributed by atoms with Crippen LogP contribution in [0.4, 0.5) is 13.2 Å². The highest BCUT2D eigenvalue weighted by molar-refractivity contribution is 6.99. The van der Waals surface area contributed by atoms with Gasteiger partial charge in [-0.05, 0) is 15.4 Å². The van der Waals surface area contributed by atoms with Gasteiger partial charge in [0.15, 0.2) is 6.10 Å². The van der Waals surface area contributed by atoms with Crippen LogP contribution in [0.15, 0.2) is 60.7 Å². The molecule has 0 fully saturated rings. The van der Waals surface area contributed by atoms with Crippen LogP contribution in [-0.2, 0) is 4.43 Å². The SMILES string of the molecule is CC(C)(C)[Si](OCCC(O)C(F)(F)F)(c1ccccc1)c1ccccc1. The van der Waals surface area contributed by atoms with E-state index in [0.717, 1.165) is 10.4 Å². The molecular weight excluding hydrogens is 357 g/mol. The lowest BCUT2D eigenvalue weighted by molar-refractivity contribution is -0.206. The second-order valence-corrected chi connectivity index (χ2v) is 11.7. The number of aliphatic hydroxyl groups excluding tert-OH is 1. The Kier molecular flexibility index (Phi) is 6.32. The van der Waals surface area contributed by atoms with Gasteiger partial charge in [0, 0.05) is 13.0 Å². The van der Waals surface area contributed by atoms with Crippen molar-refractivity contribution in [3.63, 3.8) is 0 Å². The van der Waals surface area contributed by atoms with Crippen LogP contribution in [0, 0.1) is 0 Å². The maximum Gasteiger partial charge on any atom is 0.414 e. The van der Waals surface area contributed by atoms with Crippen molar-refractivity contribution in [3.8, 4) is 0 Å². The van der Waals surface area contributed by atoms with Gasteiger partial charge in [-0.1, -0.05) is 81.4 Å². The summed E-state index contributed by atoms with van der Waals surface area (Å²) in [6.07, 6.45) is -7.48. The van der Waals surface area contributed by atoms with Gasteiger partial charge >= 0.3 is 6.18 Å². The molecule has 0 spiro atoms. The molecule has 0 heterocycles. The number of hydrogen-bond donors (Lipinski definition) is 1. The molecule has 2 aromatic rings. The standard InChI is InChI=1S/C20H25F3O2Si/c1-19(2,3)26(16-10-6-4-7-11-16,17-12-8-5-9-13-17)25-15-14-18(24)20(21,22)23/h4-13,18,24H,14-15H2,1-3H3. The van der Waals surface area contributed by atoms with Gasteiger partial charge in [0.25, 0.3) is 8.32 Å². The fourth-order valence-electron chi connectivity index (χ4n) is 3.25. The third-order valence-corrected chi connectivity index (χ3v) is 9.55. The summed E-state index contributed by atoms with van der Waals surface area (Å²) in [5, 5.41) is 11.0. The molecule has 0 saturated carbocycles. The highest BCUT2D eigenvalue weighted by atomic mass is 28.4. The summed E-state index contributed by atoms with van der Waals surface area (Å²) in [5.41, 5.74) is 0. The predicted molar refractivity (Wildman–Crippen MR) is 100 cm³/mol. The zero-order chi connectivity index (χ0) is 19.4. The molecule has 0 aliphatic carbocycles. The van der Waals surface area contributed by atoms with Crippen LogP contribution in [0.2, 0.25) is 5.04 Å². The van der Waals surface area contributed by atoms with Crippen molar-refractivity contribution in [1.29, 1.82) is 0 Å². The molecule has 2 rings (SSSR count). The van der Waals surface area contributed by atoms with Crippen molar-refractivity contribution in [1.82, 2.24) is 0 Å². The topological polar surface area (TPSA) is 29.5 Å². The third kappa shape index (κ3) is 4.37. The highest BCUT2D eigenvalue weighted by Gasteiger charge is 2.50. The van der Waals surface area contributed by atoms with Gasteiger partial charge in [0.1, 0.15) is 0 Å². The van der Waals surface area contributed by atoms with Crippen LogP contribution in [0.1, 0.15) is 27.2 Å². The van der Waals surface area contributed by atoms with E-state index in [2.05, 4.69) is 20.8 Å².